The standard InChI is InChI=1S/C28H40N2O3S/c1-18-25(34-17-29-18)20-11-8-19(9-12-20)10-13-24(32)23-14-21(31)16-30(23)26(33)22(28(5,6)7)15-27(2,3)4/h8-9,11-12,17,21-23,31H,10,13-16H2,1-7H3/t21-,22?,23+/m1/s1. The second-order valence-electron chi connectivity index (χ2n) is 12.0. The van der Waals surface area contributed by atoms with Crippen LogP contribution in [-0.2, 0) is 16.0 Å². The molecular formula is C28H40N2O3S. The van der Waals surface area contributed by atoms with Crippen molar-refractivity contribution in [3.63, 3.8) is 0 Å². The van der Waals surface area contributed by atoms with Crippen molar-refractivity contribution < 1.29 is 14.7 Å². The Balaban J connectivity index is 1.68. The fourth-order valence-corrected chi connectivity index (χ4v) is 5.59. The number of aliphatic hydroxyl groups is 1. The Morgan fingerprint density at radius 2 is 1.79 bits per heavy atom. The van der Waals surface area contributed by atoms with Gasteiger partial charge in [0, 0.05) is 25.3 Å². The third-order valence-corrected chi connectivity index (χ3v) is 7.69. The molecule has 3 atom stereocenters. The SMILES string of the molecule is Cc1ncsc1-c1ccc(CCC(=O)[C@@H]2C[C@@H](O)CN2C(=O)C(CC(C)(C)C)C(C)(C)C)cc1. The van der Waals surface area contributed by atoms with Gasteiger partial charge in [0.2, 0.25) is 5.91 Å². The van der Waals surface area contributed by atoms with Crippen molar-refractivity contribution >= 4 is 23.0 Å². The van der Waals surface area contributed by atoms with Crippen LogP contribution in [-0.4, -0.2) is 45.4 Å². The number of aliphatic hydroxyl groups excluding tert-OH is 1. The van der Waals surface area contributed by atoms with Gasteiger partial charge in [-0.1, -0.05) is 65.8 Å². The van der Waals surface area contributed by atoms with Gasteiger partial charge >= 0.3 is 0 Å². The molecule has 186 valence electrons. The Kier molecular flexibility index (Phi) is 8.03. The molecule has 0 saturated carbocycles. The number of thiazole rings is 1. The lowest BCUT2D eigenvalue weighted by atomic mass is 9.71. The van der Waals surface area contributed by atoms with E-state index < -0.39 is 12.1 Å². The molecule has 1 aromatic carbocycles. The lowest BCUT2D eigenvalue weighted by molar-refractivity contribution is -0.145. The first-order valence-corrected chi connectivity index (χ1v) is 13.1. The summed E-state index contributed by atoms with van der Waals surface area (Å²) in [6.07, 6.45) is 1.42. The number of benzene rings is 1. The minimum Gasteiger partial charge on any atom is -0.391 e. The van der Waals surface area contributed by atoms with Crippen molar-refractivity contribution in [3.05, 3.63) is 41.0 Å². The molecule has 2 heterocycles. The second kappa shape index (κ2) is 10.3. The van der Waals surface area contributed by atoms with Crippen molar-refractivity contribution in [2.45, 2.75) is 86.3 Å². The van der Waals surface area contributed by atoms with E-state index in [1.165, 1.54) is 4.88 Å². The molecule has 1 fully saturated rings. The first kappa shape index (κ1) is 26.6. The van der Waals surface area contributed by atoms with E-state index in [2.05, 4.69) is 70.8 Å². The summed E-state index contributed by atoms with van der Waals surface area (Å²) in [5, 5.41) is 10.4. The molecule has 34 heavy (non-hydrogen) atoms. The van der Waals surface area contributed by atoms with Crippen LogP contribution in [0.15, 0.2) is 29.8 Å². The lowest BCUT2D eigenvalue weighted by Crippen LogP contribution is -2.47. The van der Waals surface area contributed by atoms with Gasteiger partial charge in [0.1, 0.15) is 0 Å². The van der Waals surface area contributed by atoms with E-state index in [0.29, 0.717) is 19.3 Å². The van der Waals surface area contributed by atoms with Gasteiger partial charge in [0.05, 0.1) is 28.2 Å². The van der Waals surface area contributed by atoms with Crippen LogP contribution in [0.25, 0.3) is 10.4 Å². The van der Waals surface area contributed by atoms with Crippen LogP contribution in [0.4, 0.5) is 0 Å². The van der Waals surface area contributed by atoms with Crippen LogP contribution < -0.4 is 0 Å². The van der Waals surface area contributed by atoms with E-state index in [9.17, 15) is 14.7 Å². The van der Waals surface area contributed by atoms with Crippen molar-refractivity contribution in [2.24, 2.45) is 16.7 Å². The number of ketones is 1. The molecule has 5 nitrogen and oxygen atoms in total. The topological polar surface area (TPSA) is 70.5 Å². The zero-order valence-corrected chi connectivity index (χ0v) is 22.5. The van der Waals surface area contributed by atoms with Crippen LogP contribution in [0.5, 0.6) is 0 Å². The molecule has 0 radical (unpaired) electrons. The zero-order chi connectivity index (χ0) is 25.3. The molecular weight excluding hydrogens is 444 g/mol. The summed E-state index contributed by atoms with van der Waals surface area (Å²) in [6.45, 7) is 14.9. The Morgan fingerprint density at radius 3 is 2.32 bits per heavy atom. The van der Waals surface area contributed by atoms with Crippen molar-refractivity contribution in [2.75, 3.05) is 6.54 Å². The molecule has 3 rings (SSSR count). The van der Waals surface area contributed by atoms with Gasteiger partial charge in [0.25, 0.3) is 0 Å². The highest BCUT2D eigenvalue weighted by molar-refractivity contribution is 7.13. The Morgan fingerprint density at radius 1 is 1.15 bits per heavy atom. The van der Waals surface area contributed by atoms with Crippen molar-refractivity contribution in [1.82, 2.24) is 9.88 Å². The molecule has 0 spiro atoms. The predicted molar refractivity (Wildman–Crippen MR) is 139 cm³/mol. The Bertz CT molecular complexity index is 998. The predicted octanol–water partition coefficient (Wildman–Crippen LogP) is 5.68. The minimum atomic E-state index is -0.643. The molecule has 1 aliphatic heterocycles. The maximum Gasteiger partial charge on any atom is 0.226 e. The highest BCUT2D eigenvalue weighted by Gasteiger charge is 2.44. The molecule has 2 aromatic rings. The number of carbonyl (C=O) groups is 2. The molecule has 1 saturated heterocycles. The van der Waals surface area contributed by atoms with E-state index in [4.69, 9.17) is 0 Å². The molecule has 1 aliphatic rings. The first-order chi connectivity index (χ1) is 15.8. The first-order valence-electron chi connectivity index (χ1n) is 12.3. The number of hydrogen-bond acceptors (Lipinski definition) is 5. The maximum absolute atomic E-state index is 13.6. The van der Waals surface area contributed by atoms with Crippen LogP contribution >= 0.6 is 11.3 Å². The number of hydrogen-bond donors (Lipinski definition) is 1. The van der Waals surface area contributed by atoms with Gasteiger partial charge in [-0.3, -0.25) is 9.59 Å². The van der Waals surface area contributed by atoms with Gasteiger partial charge < -0.3 is 10.0 Å². The highest BCUT2D eigenvalue weighted by Crippen LogP contribution is 2.39. The maximum atomic E-state index is 13.6. The average Bonchev–Trinajstić information content (AvgIpc) is 3.34. The monoisotopic (exact) mass is 484 g/mol. The minimum absolute atomic E-state index is 0.00149. The van der Waals surface area contributed by atoms with Crippen molar-refractivity contribution in [1.29, 1.82) is 0 Å². The molecule has 1 aromatic heterocycles. The average molecular weight is 485 g/mol. The number of carbonyl (C=O) groups excluding carboxylic acids is 2. The van der Waals surface area contributed by atoms with E-state index in [1.807, 2.05) is 12.4 Å². The number of Topliss-reactive ketones (excluding diaryl/α,β-unsaturated/α-hetero) is 1. The van der Waals surface area contributed by atoms with Crippen LogP contribution in [0.2, 0.25) is 0 Å². The molecule has 0 bridgehead atoms. The number of likely N-dealkylation sites (tertiary alicyclic amines) is 1. The number of aryl methyl sites for hydroxylation is 2. The summed E-state index contributed by atoms with van der Waals surface area (Å²) in [5.74, 6) is -0.159. The third-order valence-electron chi connectivity index (χ3n) is 6.72. The highest BCUT2D eigenvalue weighted by atomic mass is 32.1. The number of β-amino-alcohol motifs (C(OH)–C–C–N with tert-alkyl or cyclic N) is 1. The van der Waals surface area contributed by atoms with Gasteiger partial charge in [-0.15, -0.1) is 11.3 Å². The number of amides is 1. The summed E-state index contributed by atoms with van der Waals surface area (Å²) in [4.78, 5) is 34.0. The number of aromatic nitrogens is 1. The molecule has 1 unspecified atom stereocenters. The Hall–Kier alpha value is -2.05. The van der Waals surface area contributed by atoms with E-state index in [-0.39, 0.29) is 35.0 Å². The van der Waals surface area contributed by atoms with E-state index >= 15 is 0 Å². The second-order valence-corrected chi connectivity index (χ2v) is 12.9. The van der Waals surface area contributed by atoms with Gasteiger partial charge in [-0.25, -0.2) is 4.98 Å². The molecule has 1 amide bonds. The van der Waals surface area contributed by atoms with Crippen LogP contribution in [0, 0.1) is 23.7 Å². The van der Waals surface area contributed by atoms with Crippen LogP contribution in [0.1, 0.15) is 72.1 Å². The smallest absolute Gasteiger partial charge is 0.226 e. The van der Waals surface area contributed by atoms with Crippen LogP contribution in [0.3, 0.4) is 0 Å². The molecule has 1 N–H and O–H groups in total. The third kappa shape index (κ3) is 6.54. The summed E-state index contributed by atoms with van der Waals surface area (Å²) in [6, 6.07) is 7.75. The summed E-state index contributed by atoms with van der Waals surface area (Å²) in [7, 11) is 0. The summed E-state index contributed by atoms with van der Waals surface area (Å²) >= 11 is 1.63. The fourth-order valence-electron chi connectivity index (χ4n) is 4.77. The quantitative estimate of drug-likeness (QED) is 0.549. The van der Waals surface area contributed by atoms with E-state index in [1.54, 1.807) is 16.2 Å². The summed E-state index contributed by atoms with van der Waals surface area (Å²) in [5.41, 5.74) is 4.89. The largest absolute Gasteiger partial charge is 0.391 e. The van der Waals surface area contributed by atoms with Gasteiger partial charge in [-0.2, -0.15) is 0 Å². The molecule has 0 aliphatic carbocycles. The van der Waals surface area contributed by atoms with Gasteiger partial charge in [0.15, 0.2) is 5.78 Å². The van der Waals surface area contributed by atoms with E-state index in [0.717, 1.165) is 23.2 Å². The number of nitrogens with zero attached hydrogens (tertiary/aromatic N) is 2. The fraction of sp³-hybridized carbons (Fsp3) is 0.607. The van der Waals surface area contributed by atoms with Crippen molar-refractivity contribution in [3.8, 4) is 10.4 Å². The summed E-state index contributed by atoms with van der Waals surface area (Å²) < 4.78 is 0. The normalized spacial score (nSPS) is 19.9. The van der Waals surface area contributed by atoms with Gasteiger partial charge in [-0.05, 0) is 41.7 Å². The lowest BCUT2D eigenvalue weighted by Gasteiger charge is -2.38. The zero-order valence-electron chi connectivity index (χ0n) is 21.7. The number of rotatable bonds is 7. The Labute approximate surface area is 208 Å². The molecule has 6 heteroatoms.